The molecule has 4 nitrogen and oxygen atoms in total. The zero-order valence-electron chi connectivity index (χ0n) is 7.98. The standard InChI is InChI=1S/C9H10N4S/c1-6-3-4-8(11-10-6)13-9(14)5-7(2)12-13/h3-5,12H,1-2H3. The molecule has 0 saturated carbocycles. The van der Waals surface area contributed by atoms with E-state index >= 15 is 0 Å². The second kappa shape index (κ2) is 3.34. The third-order valence-corrected chi connectivity index (χ3v) is 2.16. The Morgan fingerprint density at radius 3 is 2.57 bits per heavy atom. The molecule has 2 rings (SSSR count). The molecule has 2 aromatic rings. The summed E-state index contributed by atoms with van der Waals surface area (Å²) in [5, 5.41) is 11.1. The van der Waals surface area contributed by atoms with E-state index in [0.29, 0.717) is 10.5 Å². The van der Waals surface area contributed by atoms with Crippen molar-refractivity contribution < 1.29 is 0 Å². The van der Waals surface area contributed by atoms with Gasteiger partial charge >= 0.3 is 0 Å². The number of rotatable bonds is 1. The molecule has 0 radical (unpaired) electrons. The highest BCUT2D eigenvalue weighted by atomic mass is 32.1. The molecule has 2 heterocycles. The van der Waals surface area contributed by atoms with Gasteiger partial charge < -0.3 is 0 Å². The molecule has 14 heavy (non-hydrogen) atoms. The molecule has 0 aromatic carbocycles. The number of H-pyrrole nitrogens is 1. The fourth-order valence-electron chi connectivity index (χ4n) is 1.19. The summed E-state index contributed by atoms with van der Waals surface area (Å²) in [6, 6.07) is 5.67. The quantitative estimate of drug-likeness (QED) is 0.725. The number of nitrogens with one attached hydrogen (secondary N) is 1. The Labute approximate surface area is 86.6 Å². The van der Waals surface area contributed by atoms with Gasteiger partial charge in [0, 0.05) is 5.69 Å². The van der Waals surface area contributed by atoms with E-state index in [0.717, 1.165) is 11.4 Å². The lowest BCUT2D eigenvalue weighted by molar-refractivity contribution is 0.789. The van der Waals surface area contributed by atoms with Gasteiger partial charge in [0.25, 0.3) is 0 Å². The Balaban J connectivity index is 2.54. The maximum absolute atomic E-state index is 5.15. The van der Waals surface area contributed by atoms with E-state index < -0.39 is 0 Å². The zero-order chi connectivity index (χ0) is 10.1. The van der Waals surface area contributed by atoms with Gasteiger partial charge in [-0.25, -0.2) is 4.68 Å². The predicted molar refractivity (Wildman–Crippen MR) is 56.0 cm³/mol. The van der Waals surface area contributed by atoms with Gasteiger partial charge in [-0.2, -0.15) is 5.10 Å². The van der Waals surface area contributed by atoms with E-state index in [2.05, 4.69) is 15.3 Å². The van der Waals surface area contributed by atoms with E-state index in [4.69, 9.17) is 12.2 Å². The van der Waals surface area contributed by atoms with Crippen molar-refractivity contribution in [1.29, 1.82) is 0 Å². The summed E-state index contributed by atoms with van der Waals surface area (Å²) in [5.41, 5.74) is 1.90. The second-order valence-corrected chi connectivity index (χ2v) is 3.56. The molecule has 0 unspecified atom stereocenters. The summed E-state index contributed by atoms with van der Waals surface area (Å²) < 4.78 is 2.44. The van der Waals surface area contributed by atoms with Crippen molar-refractivity contribution in [3.8, 4) is 5.82 Å². The number of aryl methyl sites for hydroxylation is 2. The Morgan fingerprint density at radius 1 is 1.29 bits per heavy atom. The molecule has 72 valence electrons. The van der Waals surface area contributed by atoms with Crippen LogP contribution in [0.5, 0.6) is 0 Å². The number of hydrogen-bond acceptors (Lipinski definition) is 3. The third kappa shape index (κ3) is 1.58. The molecule has 0 saturated heterocycles. The average Bonchev–Trinajstić information content (AvgIpc) is 2.47. The van der Waals surface area contributed by atoms with Crippen LogP contribution in [0.4, 0.5) is 0 Å². The second-order valence-electron chi connectivity index (χ2n) is 3.15. The summed E-state index contributed by atoms with van der Waals surface area (Å²) >= 11 is 5.15. The van der Waals surface area contributed by atoms with Gasteiger partial charge in [-0.15, -0.1) is 5.10 Å². The van der Waals surface area contributed by atoms with Gasteiger partial charge in [0.15, 0.2) is 5.82 Å². The third-order valence-electron chi connectivity index (χ3n) is 1.86. The number of aromatic nitrogens is 4. The van der Waals surface area contributed by atoms with Gasteiger partial charge in [0.05, 0.1) is 5.69 Å². The molecule has 0 bridgehead atoms. The Morgan fingerprint density at radius 2 is 2.07 bits per heavy atom. The summed E-state index contributed by atoms with van der Waals surface area (Å²) in [5.74, 6) is 0.716. The van der Waals surface area contributed by atoms with Gasteiger partial charge in [0.2, 0.25) is 0 Å². The van der Waals surface area contributed by atoms with Crippen molar-refractivity contribution in [2.75, 3.05) is 0 Å². The lowest BCUT2D eigenvalue weighted by Gasteiger charge is -2.00. The molecule has 5 heteroatoms. The highest BCUT2D eigenvalue weighted by molar-refractivity contribution is 7.71. The summed E-state index contributed by atoms with van der Waals surface area (Å²) in [7, 11) is 0. The fraction of sp³-hybridized carbons (Fsp3) is 0.222. The van der Waals surface area contributed by atoms with Gasteiger partial charge in [0.1, 0.15) is 4.64 Å². The Kier molecular flexibility index (Phi) is 2.17. The van der Waals surface area contributed by atoms with Crippen molar-refractivity contribution in [2.45, 2.75) is 13.8 Å². The van der Waals surface area contributed by atoms with Crippen molar-refractivity contribution in [1.82, 2.24) is 20.0 Å². The van der Waals surface area contributed by atoms with Crippen LogP contribution in [0, 0.1) is 18.5 Å². The fourth-order valence-corrected chi connectivity index (χ4v) is 1.51. The normalized spacial score (nSPS) is 10.4. The maximum atomic E-state index is 5.15. The lowest BCUT2D eigenvalue weighted by Crippen LogP contribution is -2.01. The van der Waals surface area contributed by atoms with Crippen molar-refractivity contribution in [3.05, 3.63) is 34.2 Å². The van der Waals surface area contributed by atoms with Crippen LogP contribution in [0.1, 0.15) is 11.4 Å². The van der Waals surface area contributed by atoms with Crippen LogP contribution in [-0.4, -0.2) is 20.0 Å². The summed E-state index contributed by atoms with van der Waals surface area (Å²) in [4.78, 5) is 0. The zero-order valence-corrected chi connectivity index (χ0v) is 8.80. The first kappa shape index (κ1) is 9.08. The van der Waals surface area contributed by atoms with Crippen LogP contribution in [0.25, 0.3) is 5.82 Å². The van der Waals surface area contributed by atoms with Crippen LogP contribution >= 0.6 is 12.2 Å². The molecule has 2 aromatic heterocycles. The predicted octanol–water partition coefficient (Wildman–Crippen LogP) is 1.94. The van der Waals surface area contributed by atoms with Gasteiger partial charge in [-0.05, 0) is 32.0 Å². The average molecular weight is 206 g/mol. The van der Waals surface area contributed by atoms with Crippen LogP contribution < -0.4 is 0 Å². The lowest BCUT2D eigenvalue weighted by atomic mass is 10.4. The summed E-state index contributed by atoms with van der Waals surface area (Å²) in [6.07, 6.45) is 0. The molecule has 0 aliphatic heterocycles. The van der Waals surface area contributed by atoms with E-state index in [1.54, 1.807) is 4.68 Å². The van der Waals surface area contributed by atoms with Crippen molar-refractivity contribution in [2.24, 2.45) is 0 Å². The molecular weight excluding hydrogens is 196 g/mol. The van der Waals surface area contributed by atoms with Crippen molar-refractivity contribution in [3.63, 3.8) is 0 Å². The topological polar surface area (TPSA) is 46.5 Å². The molecule has 0 aliphatic rings. The largest absolute Gasteiger partial charge is 0.296 e. The highest BCUT2D eigenvalue weighted by Gasteiger charge is 2.00. The first-order valence-electron chi connectivity index (χ1n) is 4.26. The molecule has 0 spiro atoms. The Bertz CT molecular complexity index is 494. The van der Waals surface area contributed by atoms with Crippen LogP contribution in [0.3, 0.4) is 0 Å². The van der Waals surface area contributed by atoms with Gasteiger partial charge in [-0.3, -0.25) is 5.10 Å². The minimum atomic E-state index is 0.709. The minimum absolute atomic E-state index is 0.709. The summed E-state index contributed by atoms with van der Waals surface area (Å²) in [6.45, 7) is 3.85. The first-order chi connectivity index (χ1) is 6.66. The molecule has 1 N–H and O–H groups in total. The highest BCUT2D eigenvalue weighted by Crippen LogP contribution is 2.05. The molecular formula is C9H10N4S. The molecule has 0 fully saturated rings. The smallest absolute Gasteiger partial charge is 0.175 e. The monoisotopic (exact) mass is 206 g/mol. The van der Waals surface area contributed by atoms with E-state index in [9.17, 15) is 0 Å². The molecule has 0 atom stereocenters. The number of aromatic amines is 1. The van der Waals surface area contributed by atoms with Crippen LogP contribution in [0.2, 0.25) is 0 Å². The SMILES string of the molecule is Cc1ccc(-n2[nH]c(C)cc2=S)nn1. The van der Waals surface area contributed by atoms with E-state index in [1.807, 2.05) is 32.0 Å². The maximum Gasteiger partial charge on any atom is 0.175 e. The van der Waals surface area contributed by atoms with Crippen LogP contribution in [-0.2, 0) is 0 Å². The first-order valence-corrected chi connectivity index (χ1v) is 4.67. The minimum Gasteiger partial charge on any atom is -0.296 e. The molecule has 0 aliphatic carbocycles. The van der Waals surface area contributed by atoms with E-state index in [-0.39, 0.29) is 0 Å². The van der Waals surface area contributed by atoms with E-state index in [1.165, 1.54) is 0 Å². The molecule has 0 amide bonds. The van der Waals surface area contributed by atoms with Crippen LogP contribution in [0.15, 0.2) is 18.2 Å². The van der Waals surface area contributed by atoms with Crippen molar-refractivity contribution >= 4 is 12.2 Å². The van der Waals surface area contributed by atoms with Gasteiger partial charge in [-0.1, -0.05) is 12.2 Å². The number of hydrogen-bond donors (Lipinski definition) is 1. The Hall–Kier alpha value is -1.49. The number of nitrogens with zero attached hydrogens (tertiary/aromatic N) is 3.